The average Bonchev–Trinajstić information content (AvgIpc) is 2.25. The van der Waals surface area contributed by atoms with Gasteiger partial charge in [0, 0.05) is 12.6 Å². The van der Waals surface area contributed by atoms with E-state index in [1.54, 1.807) is 6.92 Å². The molecule has 0 spiro atoms. The summed E-state index contributed by atoms with van der Waals surface area (Å²) in [5, 5.41) is 0. The van der Waals surface area contributed by atoms with Crippen molar-refractivity contribution in [2.45, 2.75) is 19.8 Å². The van der Waals surface area contributed by atoms with Crippen LogP contribution in [0.15, 0.2) is 6.07 Å². The molecule has 0 unspecified atom stereocenters. The molecule has 19 heavy (non-hydrogen) atoms. The number of carbonyl (C=O) groups excluding carboxylic acids is 1. The first-order valence-electron chi connectivity index (χ1n) is 5.20. The van der Waals surface area contributed by atoms with Crippen LogP contribution in [0.1, 0.15) is 23.0 Å². The summed E-state index contributed by atoms with van der Waals surface area (Å²) in [5.74, 6) is -1.58. The number of alkyl halides is 3. The van der Waals surface area contributed by atoms with E-state index in [1.807, 2.05) is 0 Å². The van der Waals surface area contributed by atoms with Crippen molar-refractivity contribution in [2.75, 3.05) is 12.3 Å². The molecule has 0 aliphatic rings. The SMILES string of the molecule is CCOC(=O)c1c(N)cc(OC(F)(F)F)nc1CN. The van der Waals surface area contributed by atoms with Crippen molar-refractivity contribution in [1.82, 2.24) is 4.98 Å². The highest BCUT2D eigenvalue weighted by Gasteiger charge is 2.32. The van der Waals surface area contributed by atoms with Gasteiger partial charge >= 0.3 is 12.3 Å². The molecular formula is C10H12F3N3O3. The minimum Gasteiger partial charge on any atom is -0.462 e. The van der Waals surface area contributed by atoms with E-state index in [0.717, 1.165) is 6.07 Å². The summed E-state index contributed by atoms with van der Waals surface area (Å²) in [6.45, 7) is 1.38. The first-order chi connectivity index (χ1) is 8.78. The summed E-state index contributed by atoms with van der Waals surface area (Å²) >= 11 is 0. The molecule has 1 aromatic heterocycles. The lowest BCUT2D eigenvalue weighted by molar-refractivity contribution is -0.276. The Morgan fingerprint density at radius 3 is 2.58 bits per heavy atom. The van der Waals surface area contributed by atoms with Crippen LogP contribution in [-0.4, -0.2) is 23.9 Å². The standard InChI is InChI=1S/C10H12F3N3O3/c1-2-18-9(17)8-5(15)3-7(16-6(8)4-14)19-10(11,12)13/h3H,2,4,14H2,1H3,(H2,15,16). The minimum atomic E-state index is -4.91. The molecule has 6 nitrogen and oxygen atoms in total. The molecule has 0 aliphatic carbocycles. The number of rotatable bonds is 4. The average molecular weight is 279 g/mol. The van der Waals surface area contributed by atoms with Gasteiger partial charge in [0.05, 0.1) is 18.0 Å². The van der Waals surface area contributed by atoms with Crippen molar-refractivity contribution in [3.05, 3.63) is 17.3 Å². The van der Waals surface area contributed by atoms with Crippen molar-refractivity contribution in [3.8, 4) is 5.88 Å². The largest absolute Gasteiger partial charge is 0.574 e. The zero-order valence-electron chi connectivity index (χ0n) is 9.95. The van der Waals surface area contributed by atoms with E-state index in [0.29, 0.717) is 0 Å². The highest BCUT2D eigenvalue weighted by molar-refractivity contribution is 5.96. The molecule has 0 saturated heterocycles. The van der Waals surface area contributed by atoms with Crippen molar-refractivity contribution in [3.63, 3.8) is 0 Å². The second kappa shape index (κ2) is 5.74. The third-order valence-corrected chi connectivity index (χ3v) is 1.99. The Hall–Kier alpha value is -2.03. The Morgan fingerprint density at radius 2 is 2.11 bits per heavy atom. The van der Waals surface area contributed by atoms with E-state index in [2.05, 4.69) is 9.72 Å². The second-order valence-electron chi connectivity index (χ2n) is 3.34. The molecule has 0 aliphatic heterocycles. The van der Waals surface area contributed by atoms with Crippen LogP contribution in [-0.2, 0) is 11.3 Å². The van der Waals surface area contributed by atoms with Crippen LogP contribution in [0, 0.1) is 0 Å². The third kappa shape index (κ3) is 3.98. The summed E-state index contributed by atoms with van der Waals surface area (Å²) in [7, 11) is 0. The zero-order chi connectivity index (χ0) is 14.6. The van der Waals surface area contributed by atoms with E-state index in [4.69, 9.17) is 16.2 Å². The Kier molecular flexibility index (Phi) is 4.54. The van der Waals surface area contributed by atoms with Gasteiger partial charge in [0.2, 0.25) is 5.88 Å². The number of halogens is 3. The van der Waals surface area contributed by atoms with Crippen LogP contribution in [0.25, 0.3) is 0 Å². The van der Waals surface area contributed by atoms with E-state index < -0.39 is 18.2 Å². The maximum absolute atomic E-state index is 12.1. The highest BCUT2D eigenvalue weighted by Crippen LogP contribution is 2.26. The summed E-state index contributed by atoms with van der Waals surface area (Å²) < 4.78 is 44.5. The summed E-state index contributed by atoms with van der Waals surface area (Å²) in [6.07, 6.45) is -4.91. The molecule has 4 N–H and O–H groups in total. The zero-order valence-corrected chi connectivity index (χ0v) is 9.95. The second-order valence-corrected chi connectivity index (χ2v) is 3.34. The quantitative estimate of drug-likeness (QED) is 0.803. The number of nitrogen functional groups attached to an aromatic ring is 1. The minimum absolute atomic E-state index is 0.0864. The summed E-state index contributed by atoms with van der Waals surface area (Å²) in [5.41, 5.74) is 10.3. The van der Waals surface area contributed by atoms with Crippen molar-refractivity contribution < 1.29 is 27.4 Å². The molecule has 0 fully saturated rings. The topological polar surface area (TPSA) is 100 Å². The lowest BCUT2D eigenvalue weighted by Crippen LogP contribution is -2.21. The lowest BCUT2D eigenvalue weighted by atomic mass is 10.1. The van der Waals surface area contributed by atoms with E-state index in [9.17, 15) is 18.0 Å². The molecule has 1 rings (SSSR count). The van der Waals surface area contributed by atoms with Crippen molar-refractivity contribution in [2.24, 2.45) is 5.73 Å². The molecule has 0 aromatic carbocycles. The maximum Gasteiger partial charge on any atom is 0.574 e. The number of anilines is 1. The van der Waals surface area contributed by atoms with Crippen LogP contribution in [0.3, 0.4) is 0 Å². The summed E-state index contributed by atoms with van der Waals surface area (Å²) in [4.78, 5) is 15.1. The van der Waals surface area contributed by atoms with Gasteiger partial charge in [-0.3, -0.25) is 0 Å². The van der Waals surface area contributed by atoms with Crippen LogP contribution in [0.4, 0.5) is 18.9 Å². The molecule has 0 bridgehead atoms. The van der Waals surface area contributed by atoms with Crippen molar-refractivity contribution in [1.29, 1.82) is 0 Å². The first kappa shape index (κ1) is 15.0. The fourth-order valence-corrected chi connectivity index (χ4v) is 1.35. The van der Waals surface area contributed by atoms with Gasteiger partial charge in [0.25, 0.3) is 0 Å². The molecule has 0 amide bonds. The lowest BCUT2D eigenvalue weighted by Gasteiger charge is -2.13. The van der Waals surface area contributed by atoms with Gasteiger partial charge in [0.15, 0.2) is 0 Å². The van der Waals surface area contributed by atoms with E-state index in [1.165, 1.54) is 0 Å². The van der Waals surface area contributed by atoms with Crippen molar-refractivity contribution >= 4 is 11.7 Å². The molecule has 1 heterocycles. The van der Waals surface area contributed by atoms with Gasteiger partial charge in [-0.15, -0.1) is 13.2 Å². The van der Waals surface area contributed by atoms with Crippen LogP contribution < -0.4 is 16.2 Å². The molecule has 106 valence electrons. The molecule has 0 atom stereocenters. The molecule has 0 saturated carbocycles. The predicted molar refractivity (Wildman–Crippen MR) is 59.2 cm³/mol. The Balaban J connectivity index is 3.18. The van der Waals surface area contributed by atoms with Crippen LogP contribution in [0.2, 0.25) is 0 Å². The van der Waals surface area contributed by atoms with Gasteiger partial charge in [-0.1, -0.05) is 0 Å². The predicted octanol–water partition coefficient (Wildman–Crippen LogP) is 1.20. The van der Waals surface area contributed by atoms with Gasteiger partial charge in [-0.2, -0.15) is 0 Å². The van der Waals surface area contributed by atoms with E-state index >= 15 is 0 Å². The highest BCUT2D eigenvalue weighted by atomic mass is 19.4. The number of hydrogen-bond acceptors (Lipinski definition) is 6. The number of hydrogen-bond donors (Lipinski definition) is 2. The Morgan fingerprint density at radius 1 is 1.47 bits per heavy atom. The normalized spacial score (nSPS) is 11.2. The number of ether oxygens (including phenoxy) is 2. The Bertz CT molecular complexity index is 477. The van der Waals surface area contributed by atoms with Gasteiger partial charge in [-0.05, 0) is 6.92 Å². The molecule has 0 radical (unpaired) electrons. The number of nitrogens with zero attached hydrogens (tertiary/aromatic N) is 1. The summed E-state index contributed by atoms with van der Waals surface area (Å²) in [6, 6.07) is 0.791. The number of nitrogens with two attached hydrogens (primary N) is 2. The van der Waals surface area contributed by atoms with Gasteiger partial charge < -0.3 is 20.9 Å². The third-order valence-electron chi connectivity index (χ3n) is 1.99. The number of aromatic nitrogens is 1. The van der Waals surface area contributed by atoms with E-state index in [-0.39, 0.29) is 30.1 Å². The fourth-order valence-electron chi connectivity index (χ4n) is 1.35. The van der Waals surface area contributed by atoms with Crippen LogP contribution >= 0.6 is 0 Å². The Labute approximate surface area is 106 Å². The number of carbonyl (C=O) groups is 1. The maximum atomic E-state index is 12.1. The fraction of sp³-hybridized carbons (Fsp3) is 0.400. The van der Waals surface area contributed by atoms with Crippen LogP contribution in [0.5, 0.6) is 5.88 Å². The van der Waals surface area contributed by atoms with Gasteiger partial charge in [-0.25, -0.2) is 9.78 Å². The first-order valence-corrected chi connectivity index (χ1v) is 5.20. The smallest absolute Gasteiger partial charge is 0.462 e. The number of esters is 1. The molecular weight excluding hydrogens is 267 g/mol. The monoisotopic (exact) mass is 279 g/mol. The van der Waals surface area contributed by atoms with Gasteiger partial charge in [0.1, 0.15) is 5.56 Å². The molecule has 1 aromatic rings. The number of pyridine rings is 1. The molecule has 9 heteroatoms.